The van der Waals surface area contributed by atoms with Gasteiger partial charge in [0.05, 0.1) is 23.4 Å². The Balaban J connectivity index is 1.77. The highest BCUT2D eigenvalue weighted by molar-refractivity contribution is 5.74. The van der Waals surface area contributed by atoms with E-state index in [1.165, 1.54) is 24.3 Å². The first-order chi connectivity index (χ1) is 14.6. The molecule has 3 nitrogen and oxygen atoms in total. The second kappa shape index (κ2) is 7.72. The molecule has 2 heterocycles. The Kier molecular flexibility index (Phi) is 5.20. The Morgan fingerprint density at radius 3 is 2.19 bits per heavy atom. The number of anilines is 2. The minimum atomic E-state index is -4.51. The third-order valence-corrected chi connectivity index (χ3v) is 4.84. The lowest BCUT2D eigenvalue weighted by Crippen LogP contribution is -2.10. The molecule has 0 amide bonds. The van der Waals surface area contributed by atoms with Crippen molar-refractivity contribution in [2.24, 2.45) is 4.99 Å². The van der Waals surface area contributed by atoms with Crippen molar-refractivity contribution >= 4 is 17.7 Å². The molecule has 0 atom stereocenters. The molecule has 1 N–H and O–H groups in total. The number of halogens is 6. The van der Waals surface area contributed by atoms with E-state index in [-0.39, 0.29) is 29.3 Å². The molecule has 0 radical (unpaired) electrons. The Morgan fingerprint density at radius 1 is 0.806 bits per heavy atom. The van der Waals surface area contributed by atoms with Crippen LogP contribution in [-0.2, 0) is 25.3 Å². The van der Waals surface area contributed by atoms with E-state index >= 15 is 0 Å². The molecule has 0 aliphatic carbocycles. The quantitative estimate of drug-likeness (QED) is 0.468. The average Bonchev–Trinajstić information content (AvgIpc) is 2.73. The molecule has 0 saturated carbocycles. The largest absolute Gasteiger partial charge is 0.416 e. The Morgan fingerprint density at radius 2 is 1.48 bits per heavy atom. The van der Waals surface area contributed by atoms with E-state index in [1.54, 1.807) is 12.3 Å². The Labute approximate surface area is 173 Å². The summed E-state index contributed by atoms with van der Waals surface area (Å²) in [6.45, 7) is 0.270. The van der Waals surface area contributed by atoms with Crippen LogP contribution in [0, 0.1) is 0 Å². The van der Waals surface area contributed by atoms with Gasteiger partial charge in [-0.2, -0.15) is 26.3 Å². The smallest absolute Gasteiger partial charge is 0.340 e. The lowest BCUT2D eigenvalue weighted by atomic mass is 9.99. The van der Waals surface area contributed by atoms with E-state index in [0.717, 1.165) is 29.8 Å². The predicted octanol–water partition coefficient (Wildman–Crippen LogP) is 6.66. The van der Waals surface area contributed by atoms with Crippen LogP contribution in [0.5, 0.6) is 0 Å². The first-order valence-corrected chi connectivity index (χ1v) is 9.24. The molecule has 0 fully saturated rings. The van der Waals surface area contributed by atoms with Crippen LogP contribution in [0.3, 0.4) is 0 Å². The maximum Gasteiger partial charge on any atom is 0.416 e. The van der Waals surface area contributed by atoms with Gasteiger partial charge in [-0.05, 0) is 42.0 Å². The van der Waals surface area contributed by atoms with E-state index < -0.39 is 23.5 Å². The van der Waals surface area contributed by atoms with Crippen molar-refractivity contribution in [1.29, 1.82) is 0 Å². The predicted molar refractivity (Wildman–Crippen MR) is 105 cm³/mol. The average molecular weight is 435 g/mol. The van der Waals surface area contributed by atoms with Crippen molar-refractivity contribution in [3.05, 3.63) is 76.9 Å². The second-order valence-corrected chi connectivity index (χ2v) is 7.00. The molecule has 0 unspecified atom stereocenters. The van der Waals surface area contributed by atoms with Crippen LogP contribution in [-0.4, -0.2) is 11.2 Å². The molecule has 0 spiro atoms. The highest BCUT2D eigenvalue weighted by Gasteiger charge is 2.31. The zero-order chi connectivity index (χ0) is 22.2. The molecule has 3 aromatic rings. The molecule has 9 heteroatoms. The first-order valence-electron chi connectivity index (χ1n) is 9.24. The van der Waals surface area contributed by atoms with Crippen molar-refractivity contribution in [3.8, 4) is 11.3 Å². The molecule has 4 rings (SSSR count). The van der Waals surface area contributed by atoms with Gasteiger partial charge < -0.3 is 5.32 Å². The summed E-state index contributed by atoms with van der Waals surface area (Å²) in [4.78, 5) is 8.63. The van der Waals surface area contributed by atoms with Gasteiger partial charge in [-0.3, -0.25) is 4.99 Å². The summed E-state index contributed by atoms with van der Waals surface area (Å²) in [5, 5.41) is 2.89. The zero-order valence-electron chi connectivity index (χ0n) is 15.8. The van der Waals surface area contributed by atoms with Crippen molar-refractivity contribution in [3.63, 3.8) is 0 Å². The van der Waals surface area contributed by atoms with Crippen LogP contribution in [0.1, 0.15) is 22.3 Å². The number of alkyl halides is 6. The lowest BCUT2D eigenvalue weighted by molar-refractivity contribution is -0.138. The number of rotatable bonds is 3. The molecule has 1 aliphatic rings. The molecule has 31 heavy (non-hydrogen) atoms. The van der Waals surface area contributed by atoms with E-state index in [1.807, 2.05) is 0 Å². The number of pyridine rings is 1. The number of nitrogens with one attached hydrogen (secondary N) is 1. The van der Waals surface area contributed by atoms with Crippen LogP contribution < -0.4 is 5.32 Å². The third kappa shape index (κ3) is 4.55. The molecular weight excluding hydrogens is 420 g/mol. The minimum Gasteiger partial charge on any atom is -0.340 e. The lowest BCUT2D eigenvalue weighted by Gasteiger charge is -2.19. The number of nitrogens with zero attached hydrogens (tertiary/aromatic N) is 2. The van der Waals surface area contributed by atoms with Gasteiger partial charge in [-0.1, -0.05) is 18.2 Å². The summed E-state index contributed by atoms with van der Waals surface area (Å²) in [5.74, 6) is 0.265. The normalized spacial score (nSPS) is 13.7. The summed E-state index contributed by atoms with van der Waals surface area (Å²) in [5.41, 5.74) is 0.571. The van der Waals surface area contributed by atoms with Crippen molar-refractivity contribution < 1.29 is 26.3 Å². The molecule has 0 saturated heterocycles. The molecule has 1 aliphatic heterocycles. The summed E-state index contributed by atoms with van der Waals surface area (Å²) < 4.78 is 78.5. The minimum absolute atomic E-state index is 0.167. The molecule has 1 aromatic heterocycles. The molecular formula is C22H15F6N3. The standard InChI is InChI=1S/C22H15F6N3/c23-21(24,25)15-4-1-3-14(9-15)19-10-13-7-8-29-12-18(13)20(31-19)30-17-6-2-5-16(11-17)22(26,27)28/h1-6,8-11H,7,12H2,(H,30,31). The fraction of sp³-hybridized carbons (Fsp3) is 0.182. The van der Waals surface area contributed by atoms with Crippen LogP contribution in [0.2, 0.25) is 0 Å². The van der Waals surface area contributed by atoms with Crippen molar-refractivity contribution in [2.45, 2.75) is 25.3 Å². The first kappa shape index (κ1) is 20.9. The van der Waals surface area contributed by atoms with Crippen molar-refractivity contribution in [2.75, 3.05) is 5.32 Å². The molecule has 0 bridgehead atoms. The summed E-state index contributed by atoms with van der Waals surface area (Å²) in [6.07, 6.45) is -6.88. The van der Waals surface area contributed by atoms with Gasteiger partial charge in [-0.25, -0.2) is 4.98 Å². The van der Waals surface area contributed by atoms with E-state index in [2.05, 4.69) is 15.3 Å². The van der Waals surface area contributed by atoms with Gasteiger partial charge in [0.15, 0.2) is 0 Å². The molecule has 2 aromatic carbocycles. The van der Waals surface area contributed by atoms with Crippen LogP contribution in [0.25, 0.3) is 11.3 Å². The Hall–Kier alpha value is -3.36. The summed E-state index contributed by atoms with van der Waals surface area (Å²) in [7, 11) is 0. The summed E-state index contributed by atoms with van der Waals surface area (Å²) >= 11 is 0. The number of fused-ring (bicyclic) bond motifs is 1. The topological polar surface area (TPSA) is 37.3 Å². The maximum absolute atomic E-state index is 13.1. The van der Waals surface area contributed by atoms with Gasteiger partial charge >= 0.3 is 12.4 Å². The van der Waals surface area contributed by atoms with Crippen molar-refractivity contribution in [1.82, 2.24) is 4.98 Å². The number of benzene rings is 2. The van der Waals surface area contributed by atoms with Crippen LogP contribution >= 0.6 is 0 Å². The zero-order valence-corrected chi connectivity index (χ0v) is 15.8. The van der Waals surface area contributed by atoms with E-state index in [4.69, 9.17) is 0 Å². The number of hydrogen-bond donors (Lipinski definition) is 1. The third-order valence-electron chi connectivity index (χ3n) is 4.84. The second-order valence-electron chi connectivity index (χ2n) is 7.00. The van der Waals surface area contributed by atoms with Gasteiger partial charge in [-0.15, -0.1) is 0 Å². The molecule has 160 valence electrons. The van der Waals surface area contributed by atoms with Gasteiger partial charge in [0.25, 0.3) is 0 Å². The van der Waals surface area contributed by atoms with Crippen LogP contribution in [0.4, 0.5) is 37.8 Å². The van der Waals surface area contributed by atoms with E-state index in [0.29, 0.717) is 12.0 Å². The summed E-state index contributed by atoms with van der Waals surface area (Å²) in [6, 6.07) is 11.1. The van der Waals surface area contributed by atoms with Gasteiger partial charge in [0, 0.05) is 29.4 Å². The fourth-order valence-corrected chi connectivity index (χ4v) is 3.32. The highest BCUT2D eigenvalue weighted by atomic mass is 19.4. The van der Waals surface area contributed by atoms with Crippen LogP contribution in [0.15, 0.2) is 59.6 Å². The van der Waals surface area contributed by atoms with E-state index in [9.17, 15) is 26.3 Å². The SMILES string of the molecule is FC(F)(F)c1cccc(Nc2nc(-c3cccc(C(F)(F)F)c3)cc3c2CN=CC3)c1. The fourth-order valence-electron chi connectivity index (χ4n) is 3.32. The monoisotopic (exact) mass is 435 g/mol. The maximum atomic E-state index is 13.1. The Bertz CT molecular complexity index is 1150. The van der Waals surface area contributed by atoms with Gasteiger partial charge in [0.2, 0.25) is 0 Å². The van der Waals surface area contributed by atoms with Gasteiger partial charge in [0.1, 0.15) is 5.82 Å². The number of aromatic nitrogens is 1. The number of aliphatic imine (C=N–C) groups is 1. The highest BCUT2D eigenvalue weighted by Crippen LogP contribution is 2.35. The number of hydrogen-bond acceptors (Lipinski definition) is 3.